The molecule has 2 aromatic carbocycles. The molecule has 1 amide bonds. The summed E-state index contributed by atoms with van der Waals surface area (Å²) in [6, 6.07) is 17.0. The average molecular weight is 535 g/mol. The molecule has 0 N–H and O–H groups in total. The quantitative estimate of drug-likeness (QED) is 0.300. The lowest BCUT2D eigenvalue weighted by atomic mass is 10.1. The largest absolute Gasteiger partial charge is 0.486 e. The topological polar surface area (TPSA) is 99.2 Å². The van der Waals surface area contributed by atoms with E-state index in [1.807, 2.05) is 26.0 Å². The van der Waals surface area contributed by atoms with Crippen LogP contribution in [0.2, 0.25) is 0 Å². The summed E-state index contributed by atoms with van der Waals surface area (Å²) < 4.78 is 39.5. The highest BCUT2D eigenvalue weighted by molar-refractivity contribution is 5.88. The summed E-state index contributed by atoms with van der Waals surface area (Å²) in [5.74, 6) is -0.0474. The Balaban J connectivity index is 0.00000260. The molecule has 7 nitrogen and oxygen atoms in total. The smallest absolute Gasteiger partial charge is 0.415 e. The number of ether oxygens (including phenoxy) is 2. The molecule has 0 fully saturated rings. The lowest BCUT2D eigenvalue weighted by Gasteiger charge is -2.28. The molecule has 0 aliphatic heterocycles. The van der Waals surface area contributed by atoms with Crippen molar-refractivity contribution in [1.29, 1.82) is 10.5 Å². The lowest BCUT2D eigenvalue weighted by molar-refractivity contribution is 0.0577. The van der Waals surface area contributed by atoms with Crippen molar-refractivity contribution in [3.63, 3.8) is 0 Å². The zero-order valence-electron chi connectivity index (χ0n) is 22.8. The number of carbonyl (C=O) groups excluding carboxylic acids is 1. The maximum Gasteiger partial charge on any atom is 0.415 e. The molecular weight excluding hydrogens is 502 g/mol. The van der Waals surface area contributed by atoms with Gasteiger partial charge in [-0.3, -0.25) is 9.88 Å². The Morgan fingerprint density at radius 3 is 2.23 bits per heavy atom. The first-order valence-corrected chi connectivity index (χ1v) is 12.4. The second kappa shape index (κ2) is 14.4. The molecule has 204 valence electrons. The molecule has 0 spiro atoms. The van der Waals surface area contributed by atoms with Crippen LogP contribution in [0.15, 0.2) is 54.7 Å². The molecule has 1 heterocycles. The highest BCUT2D eigenvalue weighted by Gasteiger charge is 2.26. The first-order valence-electron chi connectivity index (χ1n) is 12.4. The first-order chi connectivity index (χ1) is 18.7. The molecule has 9 heteroatoms. The van der Waals surface area contributed by atoms with E-state index in [-0.39, 0.29) is 30.2 Å². The molecular formula is C30H32F2N4O3. The van der Waals surface area contributed by atoms with E-state index in [2.05, 4.69) is 4.98 Å². The molecule has 3 aromatic rings. The highest BCUT2D eigenvalue weighted by atomic mass is 19.1. The van der Waals surface area contributed by atoms with Gasteiger partial charge in [0.05, 0.1) is 29.8 Å². The number of hydrogen-bond donors (Lipinski definition) is 0. The first kappa shape index (κ1) is 30.7. The predicted octanol–water partition coefficient (Wildman–Crippen LogP) is 7.31. The van der Waals surface area contributed by atoms with Crippen LogP contribution in [0.25, 0.3) is 0 Å². The van der Waals surface area contributed by atoms with Crippen LogP contribution in [0.4, 0.5) is 19.3 Å². The van der Waals surface area contributed by atoms with E-state index in [0.29, 0.717) is 27.9 Å². The van der Waals surface area contributed by atoms with E-state index in [9.17, 15) is 13.6 Å². The van der Waals surface area contributed by atoms with Gasteiger partial charge in [0.25, 0.3) is 0 Å². The number of carbonyl (C=O) groups is 1. The van der Waals surface area contributed by atoms with E-state index in [0.717, 1.165) is 0 Å². The SMILES string of the molecule is CC.CC(C)(C)OC(=O)N(Cc1cnc(CF)c(OCc2cccc(C#N)c2)c1CF)c1ccc(C#N)cc1. The van der Waals surface area contributed by atoms with E-state index >= 15 is 0 Å². The van der Waals surface area contributed by atoms with Crippen LogP contribution in [-0.2, 0) is 31.2 Å². The van der Waals surface area contributed by atoms with Gasteiger partial charge in [-0.15, -0.1) is 0 Å². The van der Waals surface area contributed by atoms with Crippen LogP contribution in [0.1, 0.15) is 68.1 Å². The van der Waals surface area contributed by atoms with Crippen LogP contribution >= 0.6 is 0 Å². The van der Waals surface area contributed by atoms with Gasteiger partial charge in [-0.25, -0.2) is 13.6 Å². The van der Waals surface area contributed by atoms with Gasteiger partial charge in [0.2, 0.25) is 0 Å². The van der Waals surface area contributed by atoms with E-state index < -0.39 is 25.0 Å². The van der Waals surface area contributed by atoms with Gasteiger partial charge < -0.3 is 9.47 Å². The Kier molecular flexibility index (Phi) is 11.4. The van der Waals surface area contributed by atoms with Gasteiger partial charge in [0, 0.05) is 17.4 Å². The Morgan fingerprint density at radius 2 is 1.67 bits per heavy atom. The van der Waals surface area contributed by atoms with Crippen molar-refractivity contribution in [3.8, 4) is 17.9 Å². The van der Waals surface area contributed by atoms with Gasteiger partial charge in [0.1, 0.15) is 37.0 Å². The summed E-state index contributed by atoms with van der Waals surface area (Å²) >= 11 is 0. The van der Waals surface area contributed by atoms with Crippen molar-refractivity contribution in [2.75, 3.05) is 4.90 Å². The average Bonchev–Trinajstić information content (AvgIpc) is 2.94. The minimum Gasteiger partial charge on any atom is -0.486 e. The number of aromatic nitrogens is 1. The lowest BCUT2D eigenvalue weighted by Crippen LogP contribution is -2.36. The summed E-state index contributed by atoms with van der Waals surface area (Å²) in [7, 11) is 0. The predicted molar refractivity (Wildman–Crippen MR) is 144 cm³/mol. The zero-order chi connectivity index (χ0) is 29.0. The second-order valence-corrected chi connectivity index (χ2v) is 9.13. The molecule has 0 aliphatic carbocycles. The summed E-state index contributed by atoms with van der Waals surface area (Å²) in [4.78, 5) is 18.5. The summed E-state index contributed by atoms with van der Waals surface area (Å²) in [5, 5.41) is 18.2. The van der Waals surface area contributed by atoms with Crippen molar-refractivity contribution in [2.24, 2.45) is 0 Å². The number of pyridine rings is 1. The van der Waals surface area contributed by atoms with E-state index in [1.54, 1.807) is 69.3 Å². The Hall–Kier alpha value is -4.50. The van der Waals surface area contributed by atoms with Crippen LogP contribution in [0.3, 0.4) is 0 Å². The van der Waals surface area contributed by atoms with Gasteiger partial charge in [-0.2, -0.15) is 10.5 Å². The fraction of sp³-hybridized carbons (Fsp3) is 0.333. The maximum absolute atomic E-state index is 14.4. The standard InChI is InChI=1S/C28H26F2N4O3.C2H6/c1-28(2,3)37-27(35)34(23-9-7-19(14-31)8-10-23)17-22-16-33-25(13-30)26(24(22)12-29)36-18-21-6-4-5-20(11-21)15-32;1-2/h4-11,16H,12-13,17-18H2,1-3H3;1-2H3. The van der Waals surface area contributed by atoms with Crippen molar-refractivity contribution in [2.45, 2.75) is 66.7 Å². The summed E-state index contributed by atoms with van der Waals surface area (Å²) in [6.45, 7) is 7.02. The van der Waals surface area contributed by atoms with Crippen molar-refractivity contribution >= 4 is 11.8 Å². The highest BCUT2D eigenvalue weighted by Crippen LogP contribution is 2.31. The molecule has 0 bridgehead atoms. The van der Waals surface area contributed by atoms with E-state index in [4.69, 9.17) is 20.0 Å². The molecule has 1 aromatic heterocycles. The van der Waals surface area contributed by atoms with Gasteiger partial charge >= 0.3 is 6.09 Å². The van der Waals surface area contributed by atoms with Crippen molar-refractivity contribution in [1.82, 2.24) is 4.98 Å². The molecule has 0 atom stereocenters. The Bertz CT molecular complexity index is 1340. The van der Waals surface area contributed by atoms with Crippen LogP contribution in [0.5, 0.6) is 5.75 Å². The second-order valence-electron chi connectivity index (χ2n) is 9.13. The molecule has 39 heavy (non-hydrogen) atoms. The fourth-order valence-electron chi connectivity index (χ4n) is 3.51. The summed E-state index contributed by atoms with van der Waals surface area (Å²) in [6.07, 6.45) is 0.626. The number of hydrogen-bond acceptors (Lipinski definition) is 6. The maximum atomic E-state index is 14.4. The monoisotopic (exact) mass is 534 g/mol. The number of rotatable bonds is 8. The number of nitrogens with zero attached hydrogens (tertiary/aromatic N) is 4. The van der Waals surface area contributed by atoms with Crippen LogP contribution in [0, 0.1) is 22.7 Å². The number of amides is 1. The normalized spacial score (nSPS) is 10.4. The van der Waals surface area contributed by atoms with Crippen molar-refractivity contribution < 1.29 is 23.0 Å². The van der Waals surface area contributed by atoms with Gasteiger partial charge in [0.15, 0.2) is 0 Å². The number of nitriles is 2. The number of anilines is 1. The number of alkyl halides is 2. The van der Waals surface area contributed by atoms with Gasteiger partial charge in [-0.05, 0) is 68.3 Å². The molecule has 3 rings (SSSR count). The molecule has 0 radical (unpaired) electrons. The minimum atomic E-state index is -0.992. The van der Waals surface area contributed by atoms with Crippen LogP contribution in [-0.4, -0.2) is 16.7 Å². The molecule has 0 aliphatic rings. The minimum absolute atomic E-state index is 0.0357. The molecule has 0 unspecified atom stereocenters. The Morgan fingerprint density at radius 1 is 1.00 bits per heavy atom. The molecule has 0 saturated carbocycles. The number of benzene rings is 2. The number of halogens is 2. The summed E-state index contributed by atoms with van der Waals surface area (Å²) in [5.41, 5.74) is 1.39. The Labute approximate surface area is 228 Å². The third-order valence-electron chi connectivity index (χ3n) is 5.25. The van der Waals surface area contributed by atoms with Crippen molar-refractivity contribution in [3.05, 3.63) is 88.2 Å². The third-order valence-corrected chi connectivity index (χ3v) is 5.25. The fourth-order valence-corrected chi connectivity index (χ4v) is 3.51. The van der Waals surface area contributed by atoms with E-state index in [1.165, 1.54) is 11.1 Å². The van der Waals surface area contributed by atoms with Gasteiger partial charge in [-0.1, -0.05) is 26.0 Å². The van der Waals surface area contributed by atoms with Crippen LogP contribution < -0.4 is 9.64 Å². The zero-order valence-corrected chi connectivity index (χ0v) is 22.8. The molecule has 0 saturated heterocycles. The third kappa shape index (κ3) is 8.51.